The van der Waals surface area contributed by atoms with Gasteiger partial charge in [-0.25, -0.2) is 0 Å². The summed E-state index contributed by atoms with van der Waals surface area (Å²) in [6.45, 7) is 1.27. The maximum absolute atomic E-state index is 13.2. The molecule has 1 fully saturated rings. The number of nitrogens with zero attached hydrogens (tertiary/aromatic N) is 2. The van der Waals surface area contributed by atoms with E-state index in [2.05, 4.69) is 4.90 Å². The first-order valence-corrected chi connectivity index (χ1v) is 7.04. The maximum Gasteiger partial charge on any atom is 0.418 e. The summed E-state index contributed by atoms with van der Waals surface area (Å²) in [6.07, 6.45) is -3.48. The third-order valence-corrected chi connectivity index (χ3v) is 4.06. The van der Waals surface area contributed by atoms with Crippen molar-refractivity contribution in [3.05, 3.63) is 29.3 Å². The number of benzene rings is 1. The molecule has 0 N–H and O–H groups in total. The highest BCUT2D eigenvalue weighted by molar-refractivity contribution is 6.17. The van der Waals surface area contributed by atoms with Crippen LogP contribution in [0.4, 0.5) is 18.9 Å². The SMILES string of the molecule is CN(C)C1CCN(c2ccc(CCl)cc2C(F)(F)F)C1. The first-order chi connectivity index (χ1) is 9.32. The average Bonchev–Trinajstić information content (AvgIpc) is 2.86. The molecule has 0 aliphatic carbocycles. The van der Waals surface area contributed by atoms with Crippen molar-refractivity contribution in [3.8, 4) is 0 Å². The van der Waals surface area contributed by atoms with Crippen molar-refractivity contribution < 1.29 is 13.2 Å². The Morgan fingerprint density at radius 1 is 1.35 bits per heavy atom. The zero-order valence-corrected chi connectivity index (χ0v) is 12.3. The summed E-state index contributed by atoms with van der Waals surface area (Å²) in [6, 6.07) is 4.66. The average molecular weight is 307 g/mol. The van der Waals surface area contributed by atoms with Crippen molar-refractivity contribution in [2.45, 2.75) is 24.5 Å². The number of halogens is 4. The molecule has 20 heavy (non-hydrogen) atoms. The molecule has 0 saturated carbocycles. The van der Waals surface area contributed by atoms with E-state index in [9.17, 15) is 13.2 Å². The van der Waals surface area contributed by atoms with E-state index in [4.69, 9.17) is 11.6 Å². The topological polar surface area (TPSA) is 6.48 Å². The molecule has 0 bridgehead atoms. The fraction of sp³-hybridized carbons (Fsp3) is 0.571. The van der Waals surface area contributed by atoms with Crippen LogP contribution in [0.15, 0.2) is 18.2 Å². The predicted octanol–water partition coefficient (Wildman–Crippen LogP) is 3.58. The highest BCUT2D eigenvalue weighted by Gasteiger charge is 2.36. The Morgan fingerprint density at radius 3 is 2.55 bits per heavy atom. The monoisotopic (exact) mass is 306 g/mol. The van der Waals surface area contributed by atoms with E-state index in [0.29, 0.717) is 24.7 Å². The Balaban J connectivity index is 2.32. The van der Waals surface area contributed by atoms with Crippen LogP contribution in [0.25, 0.3) is 0 Å². The highest BCUT2D eigenvalue weighted by atomic mass is 35.5. The van der Waals surface area contributed by atoms with Crippen molar-refractivity contribution in [3.63, 3.8) is 0 Å². The number of hydrogen-bond donors (Lipinski definition) is 0. The van der Waals surface area contributed by atoms with Crippen LogP contribution in [0.1, 0.15) is 17.5 Å². The fourth-order valence-electron chi connectivity index (χ4n) is 2.55. The quantitative estimate of drug-likeness (QED) is 0.788. The Labute approximate surface area is 122 Å². The van der Waals surface area contributed by atoms with Crippen LogP contribution in [0.2, 0.25) is 0 Å². The van der Waals surface area contributed by atoms with E-state index in [0.717, 1.165) is 12.5 Å². The van der Waals surface area contributed by atoms with Crippen LogP contribution >= 0.6 is 11.6 Å². The molecule has 1 aromatic rings. The van der Waals surface area contributed by atoms with Gasteiger partial charge in [-0.05, 0) is 38.2 Å². The van der Waals surface area contributed by atoms with Crippen LogP contribution in [0.3, 0.4) is 0 Å². The zero-order chi connectivity index (χ0) is 14.9. The summed E-state index contributed by atoms with van der Waals surface area (Å²) in [5, 5.41) is 0. The van der Waals surface area contributed by atoms with Crippen molar-refractivity contribution in [1.82, 2.24) is 4.90 Å². The van der Waals surface area contributed by atoms with Gasteiger partial charge in [-0.1, -0.05) is 6.07 Å². The highest BCUT2D eigenvalue weighted by Crippen LogP contribution is 2.38. The molecule has 1 saturated heterocycles. The molecule has 1 aliphatic rings. The first kappa shape index (κ1) is 15.4. The second kappa shape index (κ2) is 5.82. The van der Waals surface area contributed by atoms with Gasteiger partial charge in [0, 0.05) is 30.7 Å². The van der Waals surface area contributed by atoms with Gasteiger partial charge in [0.1, 0.15) is 0 Å². The van der Waals surface area contributed by atoms with Gasteiger partial charge >= 0.3 is 6.18 Å². The summed E-state index contributed by atoms with van der Waals surface area (Å²) in [7, 11) is 3.91. The fourth-order valence-corrected chi connectivity index (χ4v) is 2.72. The van der Waals surface area contributed by atoms with Crippen molar-refractivity contribution in [2.24, 2.45) is 0 Å². The minimum absolute atomic E-state index is 0.0870. The lowest BCUT2D eigenvalue weighted by molar-refractivity contribution is -0.137. The zero-order valence-electron chi connectivity index (χ0n) is 11.5. The smallest absolute Gasteiger partial charge is 0.369 e. The van der Waals surface area contributed by atoms with E-state index in [1.165, 1.54) is 0 Å². The van der Waals surface area contributed by atoms with E-state index >= 15 is 0 Å². The largest absolute Gasteiger partial charge is 0.418 e. The lowest BCUT2D eigenvalue weighted by Gasteiger charge is -2.25. The molecular formula is C14H18ClF3N2. The minimum Gasteiger partial charge on any atom is -0.369 e. The molecule has 1 aromatic carbocycles. The molecule has 1 heterocycles. The van der Waals surface area contributed by atoms with Gasteiger partial charge in [-0.2, -0.15) is 13.2 Å². The van der Waals surface area contributed by atoms with Gasteiger partial charge < -0.3 is 9.80 Å². The standard InChI is InChI=1S/C14H18ClF3N2/c1-19(2)11-5-6-20(9-11)13-4-3-10(8-15)7-12(13)14(16,17)18/h3-4,7,11H,5-6,8-9H2,1-2H3. The Hall–Kier alpha value is -0.940. The van der Waals surface area contributed by atoms with Gasteiger partial charge in [0.05, 0.1) is 5.56 Å². The van der Waals surface area contributed by atoms with E-state index in [-0.39, 0.29) is 11.6 Å². The molecule has 6 heteroatoms. The number of likely N-dealkylation sites (N-methyl/N-ethyl adjacent to an activating group) is 1. The summed E-state index contributed by atoms with van der Waals surface area (Å²) in [5.74, 6) is 0.0870. The van der Waals surface area contributed by atoms with E-state index in [1.54, 1.807) is 12.1 Å². The number of anilines is 1. The molecule has 2 rings (SSSR count). The molecule has 0 radical (unpaired) electrons. The molecule has 0 spiro atoms. The molecular weight excluding hydrogens is 289 g/mol. The minimum atomic E-state index is -4.35. The second-order valence-corrected chi connectivity index (χ2v) is 5.60. The molecule has 112 valence electrons. The van der Waals surface area contributed by atoms with Crippen LogP contribution in [0, 0.1) is 0 Å². The Morgan fingerprint density at radius 2 is 2.05 bits per heavy atom. The molecule has 2 nitrogen and oxygen atoms in total. The maximum atomic E-state index is 13.2. The van der Waals surface area contributed by atoms with Crippen molar-refractivity contribution in [2.75, 3.05) is 32.1 Å². The van der Waals surface area contributed by atoms with E-state index in [1.807, 2.05) is 19.0 Å². The van der Waals surface area contributed by atoms with E-state index < -0.39 is 11.7 Å². The Kier molecular flexibility index (Phi) is 4.49. The third-order valence-electron chi connectivity index (χ3n) is 3.76. The molecule has 1 atom stereocenters. The van der Waals surface area contributed by atoms with Gasteiger partial charge in [0.15, 0.2) is 0 Å². The second-order valence-electron chi connectivity index (χ2n) is 5.34. The molecule has 0 aromatic heterocycles. The first-order valence-electron chi connectivity index (χ1n) is 6.50. The van der Waals surface area contributed by atoms with Gasteiger partial charge in [0.25, 0.3) is 0 Å². The van der Waals surface area contributed by atoms with Crippen LogP contribution in [-0.4, -0.2) is 38.1 Å². The number of rotatable bonds is 3. The van der Waals surface area contributed by atoms with Crippen LogP contribution in [-0.2, 0) is 12.1 Å². The molecule has 1 unspecified atom stereocenters. The summed E-state index contributed by atoms with van der Waals surface area (Å²) in [4.78, 5) is 3.87. The molecule has 0 amide bonds. The van der Waals surface area contributed by atoms with Crippen LogP contribution in [0.5, 0.6) is 0 Å². The van der Waals surface area contributed by atoms with Gasteiger partial charge in [-0.3, -0.25) is 0 Å². The normalized spacial score (nSPS) is 19.9. The summed E-state index contributed by atoms with van der Waals surface area (Å²) >= 11 is 5.64. The van der Waals surface area contributed by atoms with Crippen LogP contribution < -0.4 is 4.90 Å². The molecule has 1 aliphatic heterocycles. The van der Waals surface area contributed by atoms with Gasteiger partial charge in [0.2, 0.25) is 0 Å². The predicted molar refractivity (Wildman–Crippen MR) is 75.3 cm³/mol. The van der Waals surface area contributed by atoms with Crippen molar-refractivity contribution >= 4 is 17.3 Å². The number of alkyl halides is 4. The van der Waals surface area contributed by atoms with Crippen molar-refractivity contribution in [1.29, 1.82) is 0 Å². The lowest BCUT2D eigenvalue weighted by atomic mass is 10.1. The third kappa shape index (κ3) is 3.20. The summed E-state index contributed by atoms with van der Waals surface area (Å²) in [5.41, 5.74) is 0.164. The number of hydrogen-bond acceptors (Lipinski definition) is 2. The Bertz CT molecular complexity index is 474. The van der Waals surface area contributed by atoms with Gasteiger partial charge in [-0.15, -0.1) is 11.6 Å². The lowest BCUT2D eigenvalue weighted by Crippen LogP contribution is -2.32. The summed E-state index contributed by atoms with van der Waals surface area (Å²) < 4.78 is 39.6.